The quantitative estimate of drug-likeness (QED) is 0.679. The lowest BCUT2D eigenvalue weighted by molar-refractivity contribution is -0.122. The van der Waals surface area contributed by atoms with Crippen LogP contribution in [0.25, 0.3) is 20.7 Å². The minimum Gasteiger partial charge on any atom is -0.483 e. The van der Waals surface area contributed by atoms with Crippen molar-refractivity contribution < 1.29 is 14.6 Å². The minimum atomic E-state index is -0.250. The Hall–Kier alpha value is -2.55. The molecule has 2 aromatic heterocycles. The van der Waals surface area contributed by atoms with E-state index in [-0.39, 0.29) is 12.0 Å². The third-order valence-electron chi connectivity index (χ3n) is 4.57. The van der Waals surface area contributed by atoms with Crippen molar-refractivity contribution in [1.82, 2.24) is 14.5 Å². The molecule has 0 saturated carbocycles. The van der Waals surface area contributed by atoms with E-state index in [2.05, 4.69) is 29.1 Å². The van der Waals surface area contributed by atoms with Crippen LogP contribution in [0.1, 0.15) is 0 Å². The molecule has 1 N–H and O–H groups in total. The number of hydrogen-bond acceptors (Lipinski definition) is 6. The standard InChI is InChI=1S/C19H21N3O2S.CH2O2/c1-21-7-8-24-12-14(10-21)11-22-13-20-18-16(19(22)23)9-17(25-18)15-5-3-2-4-6-15;2-1-3/h2-6,9,13-14H,7-8,10-12H2,1H3;1H,(H,2,3). The highest BCUT2D eigenvalue weighted by Gasteiger charge is 2.18. The molecule has 0 spiro atoms. The molecule has 0 amide bonds. The second-order valence-electron chi connectivity index (χ2n) is 6.71. The molecule has 1 unspecified atom stereocenters. The van der Waals surface area contributed by atoms with E-state index in [0.717, 1.165) is 35.0 Å². The van der Waals surface area contributed by atoms with Gasteiger partial charge in [0.25, 0.3) is 12.0 Å². The number of rotatable bonds is 3. The number of benzene rings is 1. The van der Waals surface area contributed by atoms with Crippen molar-refractivity contribution in [2.75, 3.05) is 33.4 Å². The van der Waals surface area contributed by atoms with Crippen molar-refractivity contribution in [1.29, 1.82) is 0 Å². The van der Waals surface area contributed by atoms with Gasteiger partial charge >= 0.3 is 0 Å². The monoisotopic (exact) mass is 401 g/mol. The van der Waals surface area contributed by atoms with Crippen LogP contribution < -0.4 is 5.56 Å². The SMILES string of the molecule is CN1CCOCC(Cn2cnc3sc(-c4ccccc4)cc3c2=O)C1.O=CO. The Morgan fingerprint density at radius 3 is 2.86 bits per heavy atom. The van der Waals surface area contributed by atoms with E-state index < -0.39 is 0 Å². The lowest BCUT2D eigenvalue weighted by Crippen LogP contribution is -2.31. The van der Waals surface area contributed by atoms with Crippen molar-refractivity contribution in [3.05, 3.63) is 53.1 Å². The maximum atomic E-state index is 12.9. The zero-order valence-electron chi connectivity index (χ0n) is 15.7. The number of fused-ring (bicyclic) bond motifs is 1. The van der Waals surface area contributed by atoms with E-state index in [9.17, 15) is 4.79 Å². The summed E-state index contributed by atoms with van der Waals surface area (Å²) in [6.07, 6.45) is 1.68. The molecule has 8 heteroatoms. The van der Waals surface area contributed by atoms with Crippen LogP contribution in [-0.2, 0) is 16.1 Å². The van der Waals surface area contributed by atoms with E-state index in [1.54, 1.807) is 22.2 Å². The molecule has 1 atom stereocenters. The Kier molecular flexibility index (Phi) is 6.91. The first-order chi connectivity index (χ1) is 13.6. The normalized spacial score (nSPS) is 17.5. The van der Waals surface area contributed by atoms with E-state index in [1.165, 1.54) is 0 Å². The average molecular weight is 401 g/mol. The molecule has 0 bridgehead atoms. The average Bonchev–Trinajstić information content (AvgIpc) is 3.03. The van der Waals surface area contributed by atoms with Gasteiger partial charge in [-0.3, -0.25) is 14.2 Å². The number of carbonyl (C=O) groups is 1. The number of aromatic nitrogens is 2. The van der Waals surface area contributed by atoms with Gasteiger partial charge in [-0.25, -0.2) is 4.98 Å². The van der Waals surface area contributed by atoms with Crippen LogP contribution in [0.15, 0.2) is 47.5 Å². The highest BCUT2D eigenvalue weighted by Crippen LogP contribution is 2.30. The molecule has 1 aliphatic heterocycles. The van der Waals surface area contributed by atoms with Gasteiger partial charge < -0.3 is 14.7 Å². The van der Waals surface area contributed by atoms with Crippen molar-refractivity contribution in [3.8, 4) is 10.4 Å². The number of ether oxygens (including phenoxy) is 1. The summed E-state index contributed by atoms with van der Waals surface area (Å²) >= 11 is 1.57. The summed E-state index contributed by atoms with van der Waals surface area (Å²) in [6, 6.07) is 12.1. The van der Waals surface area contributed by atoms with Crippen LogP contribution in [-0.4, -0.2) is 59.4 Å². The van der Waals surface area contributed by atoms with Gasteiger partial charge in [0.2, 0.25) is 0 Å². The molecule has 28 heavy (non-hydrogen) atoms. The molecule has 0 radical (unpaired) electrons. The summed E-state index contributed by atoms with van der Waals surface area (Å²) in [5, 5.41) is 7.59. The molecule has 0 aliphatic carbocycles. The van der Waals surface area contributed by atoms with E-state index in [4.69, 9.17) is 14.6 Å². The second-order valence-corrected chi connectivity index (χ2v) is 7.74. The third-order valence-corrected chi connectivity index (χ3v) is 5.66. The number of likely N-dealkylation sites (N-methyl/N-ethyl adjacent to an activating group) is 1. The van der Waals surface area contributed by atoms with E-state index in [0.29, 0.717) is 24.5 Å². The number of carboxylic acid groups (broad SMARTS) is 1. The van der Waals surface area contributed by atoms with Gasteiger partial charge in [-0.2, -0.15) is 0 Å². The zero-order chi connectivity index (χ0) is 19.9. The molecular formula is C20H23N3O4S. The molecule has 148 valence electrons. The van der Waals surface area contributed by atoms with Crippen LogP contribution in [0.3, 0.4) is 0 Å². The fourth-order valence-electron chi connectivity index (χ4n) is 3.28. The van der Waals surface area contributed by atoms with Crippen molar-refractivity contribution in [2.45, 2.75) is 6.54 Å². The van der Waals surface area contributed by atoms with Crippen molar-refractivity contribution >= 4 is 28.0 Å². The molecule has 7 nitrogen and oxygen atoms in total. The topological polar surface area (TPSA) is 84.7 Å². The van der Waals surface area contributed by atoms with Crippen LogP contribution in [0.2, 0.25) is 0 Å². The maximum absolute atomic E-state index is 12.9. The number of thiophene rings is 1. The molecule has 1 aliphatic rings. The Balaban J connectivity index is 0.000000706. The second kappa shape index (κ2) is 9.59. The Morgan fingerprint density at radius 1 is 1.36 bits per heavy atom. The lowest BCUT2D eigenvalue weighted by atomic mass is 10.1. The predicted molar refractivity (Wildman–Crippen MR) is 110 cm³/mol. The minimum absolute atomic E-state index is 0.0373. The highest BCUT2D eigenvalue weighted by molar-refractivity contribution is 7.21. The number of nitrogens with zero attached hydrogens (tertiary/aromatic N) is 3. The predicted octanol–water partition coefficient (Wildman–Crippen LogP) is 2.40. The van der Waals surface area contributed by atoms with Crippen molar-refractivity contribution in [3.63, 3.8) is 0 Å². The van der Waals surface area contributed by atoms with Gasteiger partial charge in [-0.05, 0) is 18.7 Å². The van der Waals surface area contributed by atoms with E-state index in [1.807, 2.05) is 24.3 Å². The molecule has 3 heterocycles. The zero-order valence-corrected chi connectivity index (χ0v) is 16.5. The smallest absolute Gasteiger partial charge is 0.290 e. The maximum Gasteiger partial charge on any atom is 0.290 e. The summed E-state index contributed by atoms with van der Waals surface area (Å²) in [6.45, 7) is 3.71. The fourth-order valence-corrected chi connectivity index (χ4v) is 4.27. The molecular weight excluding hydrogens is 378 g/mol. The van der Waals surface area contributed by atoms with Gasteiger partial charge in [-0.15, -0.1) is 11.3 Å². The molecule has 3 aromatic rings. The van der Waals surface area contributed by atoms with Gasteiger partial charge in [0.05, 0.1) is 24.9 Å². The Labute approximate surface area is 166 Å². The lowest BCUT2D eigenvalue weighted by Gasteiger charge is -2.19. The van der Waals surface area contributed by atoms with Crippen LogP contribution in [0.5, 0.6) is 0 Å². The first-order valence-corrected chi connectivity index (χ1v) is 9.82. The van der Waals surface area contributed by atoms with Gasteiger partial charge in [0.1, 0.15) is 4.83 Å². The van der Waals surface area contributed by atoms with Gasteiger partial charge in [-0.1, -0.05) is 30.3 Å². The highest BCUT2D eigenvalue weighted by atomic mass is 32.1. The Bertz CT molecular complexity index is 970. The van der Waals surface area contributed by atoms with Crippen LogP contribution >= 0.6 is 11.3 Å². The molecule has 1 aromatic carbocycles. The van der Waals surface area contributed by atoms with Crippen molar-refractivity contribution in [2.24, 2.45) is 5.92 Å². The summed E-state index contributed by atoms with van der Waals surface area (Å²) in [4.78, 5) is 29.9. The summed E-state index contributed by atoms with van der Waals surface area (Å²) in [5.74, 6) is 0.302. The largest absolute Gasteiger partial charge is 0.483 e. The van der Waals surface area contributed by atoms with Gasteiger partial charge in [0.15, 0.2) is 0 Å². The Morgan fingerprint density at radius 2 is 2.11 bits per heavy atom. The fraction of sp³-hybridized carbons (Fsp3) is 0.350. The summed E-state index contributed by atoms with van der Waals surface area (Å²) in [5.41, 5.74) is 1.16. The molecule has 1 fully saturated rings. The summed E-state index contributed by atoms with van der Waals surface area (Å²) < 4.78 is 7.40. The van der Waals surface area contributed by atoms with Crippen LogP contribution in [0, 0.1) is 5.92 Å². The summed E-state index contributed by atoms with van der Waals surface area (Å²) in [7, 11) is 2.09. The third kappa shape index (κ3) is 4.83. The molecule has 4 rings (SSSR count). The molecule has 1 saturated heterocycles. The number of hydrogen-bond donors (Lipinski definition) is 1. The van der Waals surface area contributed by atoms with E-state index >= 15 is 0 Å². The first-order valence-electron chi connectivity index (χ1n) is 9.01. The van der Waals surface area contributed by atoms with Crippen LogP contribution in [0.4, 0.5) is 0 Å². The van der Waals surface area contributed by atoms with Gasteiger partial charge in [0, 0.05) is 30.4 Å². The first kappa shape index (κ1) is 20.2.